The predicted octanol–water partition coefficient (Wildman–Crippen LogP) is 1.73. The number of fused-ring (bicyclic) bond motifs is 1. The molecule has 2 aromatic rings. The van der Waals surface area contributed by atoms with Gasteiger partial charge in [-0.1, -0.05) is 30.3 Å². The molecular formula is C17H19NO3. The second-order valence-electron chi connectivity index (χ2n) is 5.22. The van der Waals surface area contributed by atoms with E-state index in [0.29, 0.717) is 12.3 Å². The number of hydrogen-bond acceptors (Lipinski definition) is 3. The number of nitrogens with one attached hydrogen (secondary N) is 1. The zero-order valence-electron chi connectivity index (χ0n) is 12.3. The van der Waals surface area contributed by atoms with Gasteiger partial charge in [-0.05, 0) is 17.7 Å². The van der Waals surface area contributed by atoms with E-state index in [4.69, 9.17) is 9.47 Å². The van der Waals surface area contributed by atoms with E-state index in [-0.39, 0.29) is 11.1 Å². The molecule has 21 heavy (non-hydrogen) atoms. The minimum absolute atomic E-state index is 0.199. The summed E-state index contributed by atoms with van der Waals surface area (Å²) < 4.78 is 10.7. The summed E-state index contributed by atoms with van der Waals surface area (Å²) in [5.41, 5.74) is 3.24. The summed E-state index contributed by atoms with van der Waals surface area (Å²) in [6, 6.07) is 13.7. The second kappa shape index (κ2) is 5.76. The summed E-state index contributed by atoms with van der Waals surface area (Å²) in [7, 11) is 3.25. The minimum Gasteiger partial charge on any atom is -0.634 e. The van der Waals surface area contributed by atoms with Gasteiger partial charge in [0, 0.05) is 17.5 Å². The molecule has 0 amide bonds. The number of methoxy groups -OCH3 is 2. The molecule has 0 fully saturated rings. The van der Waals surface area contributed by atoms with Crippen molar-refractivity contribution in [3.63, 3.8) is 0 Å². The van der Waals surface area contributed by atoms with Crippen molar-refractivity contribution in [2.75, 3.05) is 20.8 Å². The molecular weight excluding hydrogens is 266 g/mol. The Kier molecular flexibility index (Phi) is 3.82. The average Bonchev–Trinajstić information content (AvgIpc) is 2.54. The molecule has 0 aromatic heterocycles. The Morgan fingerprint density at radius 1 is 1.05 bits per heavy atom. The molecule has 0 saturated heterocycles. The van der Waals surface area contributed by atoms with Crippen LogP contribution in [0.25, 0.3) is 0 Å². The molecule has 1 N–H and O–H groups in total. The highest BCUT2D eigenvalue weighted by atomic mass is 16.5. The molecule has 1 heterocycles. The van der Waals surface area contributed by atoms with E-state index in [1.807, 2.05) is 42.5 Å². The molecule has 2 aromatic carbocycles. The number of rotatable bonds is 3. The van der Waals surface area contributed by atoms with Crippen LogP contribution in [0, 0.1) is 5.21 Å². The minimum atomic E-state index is -0.199. The van der Waals surface area contributed by atoms with Crippen molar-refractivity contribution < 1.29 is 14.5 Å². The van der Waals surface area contributed by atoms with Crippen LogP contribution >= 0.6 is 0 Å². The summed E-state index contributed by atoms with van der Waals surface area (Å²) in [6.07, 6.45) is 0.762. The van der Waals surface area contributed by atoms with E-state index in [1.165, 1.54) is 5.56 Å². The van der Waals surface area contributed by atoms with Gasteiger partial charge in [0.25, 0.3) is 0 Å². The maximum Gasteiger partial charge on any atom is 0.161 e. The van der Waals surface area contributed by atoms with Crippen LogP contribution in [0.15, 0.2) is 42.5 Å². The van der Waals surface area contributed by atoms with Crippen molar-refractivity contribution >= 4 is 0 Å². The Hall–Kier alpha value is -2.04. The van der Waals surface area contributed by atoms with Crippen LogP contribution in [0.3, 0.4) is 0 Å². The lowest BCUT2D eigenvalue weighted by Gasteiger charge is -2.37. The molecule has 2 atom stereocenters. The third-order valence-electron chi connectivity index (χ3n) is 4.05. The quantitative estimate of drug-likeness (QED) is 0.874. The summed E-state index contributed by atoms with van der Waals surface area (Å²) in [5, 5.41) is 12.7. The lowest BCUT2D eigenvalue weighted by molar-refractivity contribution is -0.877. The Bertz CT molecular complexity index is 627. The van der Waals surface area contributed by atoms with Gasteiger partial charge in [0.15, 0.2) is 11.5 Å². The smallest absolute Gasteiger partial charge is 0.161 e. The van der Waals surface area contributed by atoms with Crippen molar-refractivity contribution in [3.8, 4) is 11.5 Å². The monoisotopic (exact) mass is 285 g/mol. The number of hydrogen-bond donors (Lipinski definition) is 1. The van der Waals surface area contributed by atoms with E-state index in [0.717, 1.165) is 23.3 Å². The predicted molar refractivity (Wildman–Crippen MR) is 80.7 cm³/mol. The van der Waals surface area contributed by atoms with Gasteiger partial charge in [0.2, 0.25) is 0 Å². The fourth-order valence-corrected chi connectivity index (χ4v) is 3.01. The fraction of sp³-hybridized carbons (Fsp3) is 0.294. The second-order valence-corrected chi connectivity index (χ2v) is 5.22. The number of benzene rings is 2. The van der Waals surface area contributed by atoms with Crippen LogP contribution in [-0.2, 0) is 6.42 Å². The molecule has 4 nitrogen and oxygen atoms in total. The number of quaternary nitrogens is 1. The normalized spacial score (nSPS) is 20.7. The molecule has 4 heteroatoms. The zero-order chi connectivity index (χ0) is 14.8. The summed E-state index contributed by atoms with van der Waals surface area (Å²) in [4.78, 5) is 0. The first-order valence-corrected chi connectivity index (χ1v) is 7.07. The van der Waals surface area contributed by atoms with Crippen molar-refractivity contribution in [1.82, 2.24) is 0 Å². The molecule has 0 radical (unpaired) electrons. The molecule has 3 rings (SSSR count). The van der Waals surface area contributed by atoms with Crippen molar-refractivity contribution in [2.24, 2.45) is 0 Å². The van der Waals surface area contributed by atoms with Crippen LogP contribution in [0.5, 0.6) is 11.5 Å². The number of ether oxygens (including phenoxy) is 2. The van der Waals surface area contributed by atoms with Crippen LogP contribution in [0.1, 0.15) is 22.7 Å². The van der Waals surface area contributed by atoms with Gasteiger partial charge in [0.1, 0.15) is 6.04 Å². The molecule has 2 unspecified atom stereocenters. The average molecular weight is 285 g/mol. The SMILES string of the molecule is COc1cc2c(cc1OC)C(c1ccccc1)[NH+]([O-])CC2. The van der Waals surface area contributed by atoms with Gasteiger partial charge in [-0.3, -0.25) is 0 Å². The zero-order valence-corrected chi connectivity index (χ0v) is 12.3. The molecule has 1 aliphatic heterocycles. The maximum absolute atomic E-state index is 12.4. The third-order valence-corrected chi connectivity index (χ3v) is 4.05. The van der Waals surface area contributed by atoms with Gasteiger partial charge < -0.3 is 19.7 Å². The van der Waals surface area contributed by atoms with Crippen molar-refractivity contribution in [3.05, 3.63) is 64.4 Å². The third kappa shape index (κ3) is 2.48. The standard InChI is InChI=1S/C17H19NO3/c1-20-15-10-13-8-9-18(19)17(12-6-4-3-5-7-12)14(13)11-16(15)21-2/h3-7,10-11,17-18H,8-9H2,1-2H3. The highest BCUT2D eigenvalue weighted by Gasteiger charge is 2.29. The van der Waals surface area contributed by atoms with Crippen molar-refractivity contribution in [2.45, 2.75) is 12.5 Å². The van der Waals surface area contributed by atoms with Crippen LogP contribution in [-0.4, -0.2) is 20.8 Å². The van der Waals surface area contributed by atoms with Crippen LogP contribution in [0.2, 0.25) is 0 Å². The van der Waals surface area contributed by atoms with Gasteiger partial charge >= 0.3 is 0 Å². The lowest BCUT2D eigenvalue weighted by Crippen LogP contribution is -3.08. The fourth-order valence-electron chi connectivity index (χ4n) is 3.01. The van der Waals surface area contributed by atoms with Crippen LogP contribution in [0.4, 0.5) is 0 Å². The van der Waals surface area contributed by atoms with Gasteiger partial charge in [-0.15, -0.1) is 0 Å². The largest absolute Gasteiger partial charge is 0.634 e. The first-order valence-electron chi connectivity index (χ1n) is 7.07. The maximum atomic E-state index is 12.4. The van der Waals surface area contributed by atoms with Crippen LogP contribution < -0.4 is 14.5 Å². The topological polar surface area (TPSA) is 46.0 Å². The molecule has 110 valence electrons. The van der Waals surface area contributed by atoms with E-state index in [1.54, 1.807) is 14.2 Å². The van der Waals surface area contributed by atoms with E-state index in [9.17, 15) is 5.21 Å². The Morgan fingerprint density at radius 2 is 1.71 bits per heavy atom. The van der Waals surface area contributed by atoms with Gasteiger partial charge in [0.05, 0.1) is 20.8 Å². The van der Waals surface area contributed by atoms with Crippen molar-refractivity contribution in [1.29, 1.82) is 0 Å². The molecule has 0 aliphatic carbocycles. The highest BCUT2D eigenvalue weighted by Crippen LogP contribution is 2.35. The molecule has 0 spiro atoms. The number of hydroxylamine groups is 2. The molecule has 0 bridgehead atoms. The summed E-state index contributed by atoms with van der Waals surface area (Å²) in [5.74, 6) is 1.39. The first-order chi connectivity index (χ1) is 10.2. The lowest BCUT2D eigenvalue weighted by atomic mass is 9.89. The Morgan fingerprint density at radius 3 is 2.38 bits per heavy atom. The summed E-state index contributed by atoms with van der Waals surface area (Å²) >= 11 is 0. The van der Waals surface area contributed by atoms with E-state index in [2.05, 4.69) is 0 Å². The van der Waals surface area contributed by atoms with E-state index >= 15 is 0 Å². The molecule has 1 aliphatic rings. The van der Waals surface area contributed by atoms with E-state index < -0.39 is 0 Å². The summed E-state index contributed by atoms with van der Waals surface area (Å²) in [6.45, 7) is 0.571. The highest BCUT2D eigenvalue weighted by molar-refractivity contribution is 5.50. The van der Waals surface area contributed by atoms with Gasteiger partial charge in [-0.2, -0.15) is 0 Å². The Labute approximate surface area is 124 Å². The first kappa shape index (κ1) is 13.9. The van der Waals surface area contributed by atoms with Gasteiger partial charge in [-0.25, -0.2) is 0 Å². The Balaban J connectivity index is 2.13. The molecule has 0 saturated carbocycles.